The van der Waals surface area contributed by atoms with Gasteiger partial charge in [0.05, 0.1) is 0 Å². The van der Waals surface area contributed by atoms with Gasteiger partial charge in [-0.05, 0) is 30.0 Å². The molecule has 1 aliphatic rings. The van der Waals surface area contributed by atoms with Gasteiger partial charge >= 0.3 is 0 Å². The van der Waals surface area contributed by atoms with Gasteiger partial charge in [0.1, 0.15) is 5.75 Å². The molecule has 0 aliphatic heterocycles. The summed E-state index contributed by atoms with van der Waals surface area (Å²) in [6.45, 7) is 0. The third-order valence-electron chi connectivity index (χ3n) is 2.58. The van der Waals surface area contributed by atoms with Crippen LogP contribution in [0.3, 0.4) is 0 Å². The zero-order valence-corrected chi connectivity index (χ0v) is 8.83. The Morgan fingerprint density at radius 1 is 1.43 bits per heavy atom. The van der Waals surface area contributed by atoms with Crippen LogP contribution in [0.4, 0.5) is 0 Å². The molecule has 1 aromatic carbocycles. The summed E-state index contributed by atoms with van der Waals surface area (Å²) >= 11 is 0. The quantitative estimate of drug-likeness (QED) is 0.811. The van der Waals surface area contributed by atoms with Crippen molar-refractivity contribution in [3.05, 3.63) is 29.8 Å². The van der Waals surface area contributed by atoms with Crippen molar-refractivity contribution in [3.8, 4) is 5.75 Å². The second-order valence-corrected chi connectivity index (χ2v) is 3.88. The van der Waals surface area contributed by atoms with Crippen molar-refractivity contribution < 1.29 is 5.11 Å². The van der Waals surface area contributed by atoms with Crippen molar-refractivity contribution in [1.29, 1.82) is 0 Å². The van der Waals surface area contributed by atoms with Crippen LogP contribution in [0.2, 0.25) is 0 Å². The van der Waals surface area contributed by atoms with Gasteiger partial charge in [-0.25, -0.2) is 0 Å². The highest BCUT2D eigenvalue weighted by Gasteiger charge is 2.24. The highest BCUT2D eigenvalue weighted by atomic mass is 35.5. The summed E-state index contributed by atoms with van der Waals surface area (Å²) in [6.07, 6.45) is 3.71. The first kappa shape index (κ1) is 11.3. The molecular formula is C11H16ClNO. The number of hydrogen-bond acceptors (Lipinski definition) is 2. The normalized spacial score (nSPS) is 17.2. The lowest BCUT2D eigenvalue weighted by Crippen LogP contribution is -2.10. The molecule has 0 spiro atoms. The molecule has 0 heterocycles. The number of benzene rings is 1. The van der Waals surface area contributed by atoms with Gasteiger partial charge in [0.15, 0.2) is 0 Å². The maximum Gasteiger partial charge on any atom is 0.115 e. The monoisotopic (exact) mass is 213 g/mol. The van der Waals surface area contributed by atoms with E-state index in [-0.39, 0.29) is 18.4 Å². The Hall–Kier alpha value is -0.730. The highest BCUT2D eigenvalue weighted by Crippen LogP contribution is 2.36. The smallest absolute Gasteiger partial charge is 0.115 e. The van der Waals surface area contributed by atoms with E-state index in [9.17, 15) is 5.11 Å². The summed E-state index contributed by atoms with van der Waals surface area (Å²) in [5.41, 5.74) is 7.04. The molecule has 3 N–H and O–H groups in total. The van der Waals surface area contributed by atoms with Crippen LogP contribution in [0.25, 0.3) is 0 Å². The van der Waals surface area contributed by atoms with Crippen LogP contribution >= 0.6 is 12.4 Å². The fourth-order valence-corrected chi connectivity index (χ4v) is 1.60. The van der Waals surface area contributed by atoms with Gasteiger partial charge in [-0.15, -0.1) is 12.4 Å². The Morgan fingerprint density at radius 3 is 2.71 bits per heavy atom. The molecule has 1 saturated carbocycles. The number of nitrogens with two attached hydrogens (primary N) is 1. The molecule has 2 rings (SSSR count). The average Bonchev–Trinajstić information content (AvgIpc) is 2.88. The molecule has 0 saturated heterocycles. The first-order valence-corrected chi connectivity index (χ1v) is 4.80. The summed E-state index contributed by atoms with van der Waals surface area (Å²) in [7, 11) is 0. The Labute approximate surface area is 90.5 Å². The first-order valence-electron chi connectivity index (χ1n) is 4.80. The van der Waals surface area contributed by atoms with E-state index in [1.807, 2.05) is 12.1 Å². The Balaban J connectivity index is 0.000000980. The van der Waals surface area contributed by atoms with E-state index in [1.54, 1.807) is 12.1 Å². The molecule has 0 radical (unpaired) electrons. The van der Waals surface area contributed by atoms with Gasteiger partial charge < -0.3 is 10.8 Å². The second-order valence-electron chi connectivity index (χ2n) is 3.88. The molecular weight excluding hydrogens is 198 g/mol. The number of phenols is 1. The molecule has 1 atom stereocenters. The molecule has 1 aromatic rings. The van der Waals surface area contributed by atoms with Crippen molar-refractivity contribution in [2.45, 2.75) is 25.3 Å². The average molecular weight is 214 g/mol. The van der Waals surface area contributed by atoms with Crippen molar-refractivity contribution in [1.82, 2.24) is 0 Å². The zero-order chi connectivity index (χ0) is 9.26. The van der Waals surface area contributed by atoms with E-state index in [0.717, 1.165) is 17.9 Å². The molecule has 0 unspecified atom stereocenters. The van der Waals surface area contributed by atoms with Crippen LogP contribution < -0.4 is 5.73 Å². The van der Waals surface area contributed by atoms with E-state index in [4.69, 9.17) is 5.73 Å². The molecule has 78 valence electrons. The van der Waals surface area contributed by atoms with Crippen molar-refractivity contribution >= 4 is 12.4 Å². The standard InChI is InChI=1S/C11H15NO.ClH/c12-11(6-8-4-5-8)9-2-1-3-10(13)7-9;/h1-3,7-8,11,13H,4-6,12H2;1H/t11-;/m0./s1. The lowest BCUT2D eigenvalue weighted by Gasteiger charge is -2.11. The van der Waals surface area contributed by atoms with Crippen LogP contribution in [0.1, 0.15) is 30.9 Å². The molecule has 0 amide bonds. The minimum Gasteiger partial charge on any atom is -0.508 e. The van der Waals surface area contributed by atoms with Crippen LogP contribution in [-0.4, -0.2) is 5.11 Å². The van der Waals surface area contributed by atoms with E-state index in [2.05, 4.69) is 0 Å². The lowest BCUT2D eigenvalue weighted by atomic mass is 10.0. The largest absolute Gasteiger partial charge is 0.508 e. The van der Waals surface area contributed by atoms with Crippen LogP contribution in [0, 0.1) is 5.92 Å². The van der Waals surface area contributed by atoms with Gasteiger partial charge in [-0.3, -0.25) is 0 Å². The second kappa shape index (κ2) is 4.67. The predicted molar refractivity (Wildman–Crippen MR) is 59.6 cm³/mol. The summed E-state index contributed by atoms with van der Waals surface area (Å²) in [5, 5.41) is 9.26. The summed E-state index contributed by atoms with van der Waals surface area (Å²) in [4.78, 5) is 0. The summed E-state index contributed by atoms with van der Waals surface area (Å²) in [5.74, 6) is 1.14. The van der Waals surface area contributed by atoms with Crippen LogP contribution in [0.5, 0.6) is 5.75 Å². The zero-order valence-electron chi connectivity index (χ0n) is 8.02. The first-order chi connectivity index (χ1) is 6.25. The number of aromatic hydroxyl groups is 1. The van der Waals surface area contributed by atoms with Crippen molar-refractivity contribution in [2.24, 2.45) is 11.7 Å². The predicted octanol–water partition coefficient (Wildman–Crippen LogP) is 2.61. The topological polar surface area (TPSA) is 46.2 Å². The molecule has 2 nitrogen and oxygen atoms in total. The Kier molecular flexibility index (Phi) is 3.78. The number of phenolic OH excluding ortho intramolecular Hbond substituents is 1. The lowest BCUT2D eigenvalue weighted by molar-refractivity contribution is 0.472. The summed E-state index contributed by atoms with van der Waals surface area (Å²) in [6, 6.07) is 7.35. The minimum absolute atomic E-state index is 0. The fourth-order valence-electron chi connectivity index (χ4n) is 1.60. The van der Waals surface area contributed by atoms with Crippen LogP contribution in [-0.2, 0) is 0 Å². The van der Waals surface area contributed by atoms with Gasteiger partial charge in [0, 0.05) is 6.04 Å². The highest BCUT2D eigenvalue weighted by molar-refractivity contribution is 5.85. The van der Waals surface area contributed by atoms with E-state index < -0.39 is 0 Å². The molecule has 0 bridgehead atoms. The molecule has 1 fully saturated rings. The Bertz CT molecular complexity index is 299. The number of hydrogen-bond donors (Lipinski definition) is 2. The van der Waals surface area contributed by atoms with Crippen LogP contribution in [0.15, 0.2) is 24.3 Å². The molecule has 0 aromatic heterocycles. The summed E-state index contributed by atoms with van der Waals surface area (Å²) < 4.78 is 0. The maximum absolute atomic E-state index is 9.26. The van der Waals surface area contributed by atoms with Gasteiger partial charge in [0.25, 0.3) is 0 Å². The number of rotatable bonds is 3. The van der Waals surface area contributed by atoms with E-state index >= 15 is 0 Å². The maximum atomic E-state index is 9.26. The third-order valence-corrected chi connectivity index (χ3v) is 2.58. The molecule has 3 heteroatoms. The third kappa shape index (κ3) is 2.89. The minimum atomic E-state index is 0. The van der Waals surface area contributed by atoms with Gasteiger partial charge in [0.2, 0.25) is 0 Å². The van der Waals surface area contributed by atoms with Gasteiger partial charge in [-0.2, -0.15) is 0 Å². The fraction of sp³-hybridized carbons (Fsp3) is 0.455. The van der Waals surface area contributed by atoms with E-state index in [1.165, 1.54) is 12.8 Å². The number of halogens is 1. The SMILES string of the molecule is Cl.N[C@@H](CC1CC1)c1cccc(O)c1. The van der Waals surface area contributed by atoms with Gasteiger partial charge in [-0.1, -0.05) is 25.0 Å². The van der Waals surface area contributed by atoms with E-state index in [0.29, 0.717) is 5.75 Å². The van der Waals surface area contributed by atoms with Crippen molar-refractivity contribution in [3.63, 3.8) is 0 Å². The molecule has 14 heavy (non-hydrogen) atoms. The molecule has 1 aliphatic carbocycles. The van der Waals surface area contributed by atoms with Crippen molar-refractivity contribution in [2.75, 3.05) is 0 Å². The Morgan fingerprint density at radius 2 is 2.14 bits per heavy atom.